The molecule has 1 amide bonds. The molecule has 0 fully saturated rings. The first kappa shape index (κ1) is 17.1. The molecule has 21 heavy (non-hydrogen) atoms. The highest BCUT2D eigenvalue weighted by Crippen LogP contribution is 2.03. The number of nitrogens with one attached hydrogen (secondary N) is 3. The van der Waals surface area contributed by atoms with Crippen molar-refractivity contribution in [3.05, 3.63) is 18.2 Å². The van der Waals surface area contributed by atoms with Crippen molar-refractivity contribution >= 4 is 11.9 Å². The van der Waals surface area contributed by atoms with E-state index in [-0.39, 0.29) is 5.91 Å². The molecule has 8 heteroatoms. The quantitative estimate of drug-likeness (QED) is 0.360. The molecule has 6 N–H and O–H groups in total. The van der Waals surface area contributed by atoms with E-state index in [9.17, 15) is 9.59 Å². The van der Waals surface area contributed by atoms with Crippen LogP contribution in [0.1, 0.15) is 25.0 Å². The van der Waals surface area contributed by atoms with Gasteiger partial charge in [0.25, 0.3) is 0 Å². The van der Waals surface area contributed by atoms with Gasteiger partial charge in [-0.05, 0) is 32.9 Å². The molecule has 118 valence electrons. The minimum Gasteiger partial charge on any atom is -0.480 e. The number of aromatic nitrogens is 2. The molecule has 1 rings (SSSR count). The van der Waals surface area contributed by atoms with Crippen molar-refractivity contribution in [2.45, 2.75) is 37.8 Å². The molecule has 0 unspecified atom stereocenters. The molecule has 0 aliphatic rings. The average molecular weight is 297 g/mol. The molecule has 0 bridgehead atoms. The van der Waals surface area contributed by atoms with Gasteiger partial charge in [-0.15, -0.1) is 0 Å². The van der Waals surface area contributed by atoms with E-state index in [0.29, 0.717) is 25.8 Å². The number of nitrogens with zero attached hydrogens (tertiary/aromatic N) is 1. The predicted molar refractivity (Wildman–Crippen MR) is 77.6 cm³/mol. The Morgan fingerprint density at radius 1 is 1.43 bits per heavy atom. The number of rotatable bonds is 10. The van der Waals surface area contributed by atoms with E-state index in [2.05, 4.69) is 20.6 Å². The maximum Gasteiger partial charge on any atom is 0.326 e. The highest BCUT2D eigenvalue weighted by atomic mass is 16.4. The van der Waals surface area contributed by atoms with Crippen LogP contribution >= 0.6 is 0 Å². The molecule has 1 aromatic rings. The Morgan fingerprint density at radius 2 is 2.19 bits per heavy atom. The Bertz CT molecular complexity index is 435. The number of hydrogen-bond acceptors (Lipinski definition) is 5. The summed E-state index contributed by atoms with van der Waals surface area (Å²) in [5.41, 5.74) is 6.12. The molecule has 0 radical (unpaired) electrons. The fourth-order valence-corrected chi connectivity index (χ4v) is 1.96. The number of unbranched alkanes of at least 4 members (excludes halogenated alkanes) is 1. The standard InChI is InChI=1S/C13H23N5O3/c1-15-11(6-9-7-16-8-17-9)12(19)18-10(13(20)21)4-2-3-5-14/h7-8,10-11,15H,2-6,14H2,1H3,(H,16,17)(H,18,19)(H,20,21)/t10-,11-/m0/s1. The number of carbonyl (C=O) groups excluding carboxylic acids is 1. The smallest absolute Gasteiger partial charge is 0.326 e. The molecule has 2 atom stereocenters. The van der Waals surface area contributed by atoms with E-state index < -0.39 is 18.1 Å². The van der Waals surface area contributed by atoms with Crippen LogP contribution in [0.2, 0.25) is 0 Å². The summed E-state index contributed by atoms with van der Waals surface area (Å²) in [5, 5.41) is 14.6. The summed E-state index contributed by atoms with van der Waals surface area (Å²) in [5.74, 6) is -1.38. The largest absolute Gasteiger partial charge is 0.480 e. The van der Waals surface area contributed by atoms with Crippen molar-refractivity contribution in [3.63, 3.8) is 0 Å². The van der Waals surface area contributed by atoms with Crippen LogP contribution < -0.4 is 16.4 Å². The Kier molecular flexibility index (Phi) is 7.41. The fraction of sp³-hybridized carbons (Fsp3) is 0.615. The van der Waals surface area contributed by atoms with E-state index in [1.54, 1.807) is 13.2 Å². The van der Waals surface area contributed by atoms with Crippen molar-refractivity contribution < 1.29 is 14.7 Å². The van der Waals surface area contributed by atoms with Crippen LogP contribution in [-0.4, -0.2) is 52.6 Å². The minimum atomic E-state index is -1.03. The predicted octanol–water partition coefficient (Wildman–Crippen LogP) is -0.761. The number of amides is 1. The van der Waals surface area contributed by atoms with Crippen LogP contribution in [0, 0.1) is 0 Å². The third-order valence-corrected chi connectivity index (χ3v) is 3.19. The topological polar surface area (TPSA) is 133 Å². The van der Waals surface area contributed by atoms with Crippen LogP contribution in [0.15, 0.2) is 12.5 Å². The summed E-state index contributed by atoms with van der Waals surface area (Å²) in [4.78, 5) is 30.2. The first-order chi connectivity index (χ1) is 10.1. The minimum absolute atomic E-state index is 0.347. The zero-order chi connectivity index (χ0) is 15.7. The maximum atomic E-state index is 12.1. The third kappa shape index (κ3) is 5.92. The Labute approximate surface area is 123 Å². The lowest BCUT2D eigenvalue weighted by atomic mass is 10.1. The number of carboxylic acids is 1. The summed E-state index contributed by atoms with van der Waals surface area (Å²) in [6.07, 6.45) is 5.40. The van der Waals surface area contributed by atoms with Crippen molar-refractivity contribution in [1.82, 2.24) is 20.6 Å². The van der Waals surface area contributed by atoms with Gasteiger partial charge in [0.2, 0.25) is 5.91 Å². The second-order valence-electron chi connectivity index (χ2n) is 4.79. The van der Waals surface area contributed by atoms with E-state index in [1.807, 2.05) is 0 Å². The lowest BCUT2D eigenvalue weighted by Crippen LogP contribution is -2.50. The van der Waals surface area contributed by atoms with Gasteiger partial charge in [0, 0.05) is 12.6 Å². The summed E-state index contributed by atoms with van der Waals surface area (Å²) < 4.78 is 0. The number of likely N-dealkylation sites (N-methyl/N-ethyl adjacent to an activating group) is 1. The molecular weight excluding hydrogens is 274 g/mol. The molecule has 0 saturated carbocycles. The molecule has 0 aromatic carbocycles. The lowest BCUT2D eigenvalue weighted by molar-refractivity contribution is -0.142. The van der Waals surface area contributed by atoms with Gasteiger partial charge >= 0.3 is 5.97 Å². The second kappa shape index (κ2) is 9.09. The van der Waals surface area contributed by atoms with Gasteiger partial charge in [-0.1, -0.05) is 0 Å². The van der Waals surface area contributed by atoms with Crippen LogP contribution in [-0.2, 0) is 16.0 Å². The molecule has 0 spiro atoms. The molecule has 0 aliphatic carbocycles. The van der Waals surface area contributed by atoms with Crippen molar-refractivity contribution in [3.8, 4) is 0 Å². The molecule has 1 aromatic heterocycles. The monoisotopic (exact) mass is 297 g/mol. The number of aromatic amines is 1. The molecule has 0 aliphatic heterocycles. The average Bonchev–Trinajstić information content (AvgIpc) is 2.96. The highest BCUT2D eigenvalue weighted by molar-refractivity contribution is 5.87. The third-order valence-electron chi connectivity index (χ3n) is 3.19. The first-order valence-electron chi connectivity index (χ1n) is 6.96. The Hall–Kier alpha value is -1.93. The second-order valence-corrected chi connectivity index (χ2v) is 4.79. The van der Waals surface area contributed by atoms with Gasteiger partial charge in [-0.3, -0.25) is 4.79 Å². The number of carboxylic acid groups (broad SMARTS) is 1. The molecule has 1 heterocycles. The number of hydrogen-bond donors (Lipinski definition) is 5. The van der Waals surface area contributed by atoms with Gasteiger partial charge in [-0.25, -0.2) is 9.78 Å². The maximum absolute atomic E-state index is 12.1. The SMILES string of the molecule is CN[C@@H](Cc1c[nH]cn1)C(=O)N[C@@H](CCCCN)C(=O)O. The molecular formula is C13H23N5O3. The van der Waals surface area contributed by atoms with Gasteiger partial charge < -0.3 is 26.5 Å². The zero-order valence-electron chi connectivity index (χ0n) is 12.1. The first-order valence-corrected chi connectivity index (χ1v) is 6.96. The molecule has 8 nitrogen and oxygen atoms in total. The number of imidazole rings is 1. The number of nitrogens with two attached hydrogens (primary N) is 1. The molecule has 0 saturated heterocycles. The van der Waals surface area contributed by atoms with E-state index in [1.165, 1.54) is 6.33 Å². The van der Waals surface area contributed by atoms with Gasteiger partial charge in [0.05, 0.1) is 18.1 Å². The van der Waals surface area contributed by atoms with E-state index in [4.69, 9.17) is 10.8 Å². The number of H-pyrrole nitrogens is 1. The summed E-state index contributed by atoms with van der Waals surface area (Å²) in [6.45, 7) is 0.512. The Morgan fingerprint density at radius 3 is 2.71 bits per heavy atom. The number of carbonyl (C=O) groups is 2. The van der Waals surface area contributed by atoms with Crippen LogP contribution in [0.3, 0.4) is 0 Å². The zero-order valence-corrected chi connectivity index (χ0v) is 12.1. The van der Waals surface area contributed by atoms with Crippen molar-refractivity contribution in [1.29, 1.82) is 0 Å². The van der Waals surface area contributed by atoms with E-state index >= 15 is 0 Å². The van der Waals surface area contributed by atoms with Gasteiger partial charge in [0.15, 0.2) is 0 Å². The normalized spacial score (nSPS) is 13.6. The van der Waals surface area contributed by atoms with E-state index in [0.717, 1.165) is 12.1 Å². The number of aliphatic carboxylic acids is 1. The van der Waals surface area contributed by atoms with Crippen LogP contribution in [0.25, 0.3) is 0 Å². The summed E-state index contributed by atoms with van der Waals surface area (Å²) in [7, 11) is 1.65. The fourth-order valence-electron chi connectivity index (χ4n) is 1.96. The van der Waals surface area contributed by atoms with Gasteiger partial charge in [-0.2, -0.15) is 0 Å². The van der Waals surface area contributed by atoms with Gasteiger partial charge in [0.1, 0.15) is 6.04 Å². The van der Waals surface area contributed by atoms with Crippen molar-refractivity contribution in [2.75, 3.05) is 13.6 Å². The highest BCUT2D eigenvalue weighted by Gasteiger charge is 2.24. The summed E-state index contributed by atoms with van der Waals surface area (Å²) in [6, 6.07) is -1.41. The summed E-state index contributed by atoms with van der Waals surface area (Å²) >= 11 is 0. The lowest BCUT2D eigenvalue weighted by Gasteiger charge is -2.19. The van der Waals surface area contributed by atoms with Crippen LogP contribution in [0.4, 0.5) is 0 Å². The van der Waals surface area contributed by atoms with Crippen molar-refractivity contribution in [2.24, 2.45) is 5.73 Å². The van der Waals surface area contributed by atoms with Crippen LogP contribution in [0.5, 0.6) is 0 Å². The Balaban J connectivity index is 2.55.